The van der Waals surface area contributed by atoms with Crippen molar-refractivity contribution in [2.24, 2.45) is 0 Å². The predicted octanol–water partition coefficient (Wildman–Crippen LogP) is 3.79. The quantitative estimate of drug-likeness (QED) is 0.872. The van der Waals surface area contributed by atoms with Crippen LogP contribution < -0.4 is 5.32 Å². The Bertz CT molecular complexity index is 620. The highest BCUT2D eigenvalue weighted by Crippen LogP contribution is 2.30. The van der Waals surface area contributed by atoms with Crippen LogP contribution in [0, 0.1) is 0 Å². The highest BCUT2D eigenvalue weighted by Gasteiger charge is 2.37. The van der Waals surface area contributed by atoms with Crippen molar-refractivity contribution in [1.29, 1.82) is 0 Å². The number of likely N-dealkylation sites (tertiary alicyclic amines) is 1. The van der Waals surface area contributed by atoms with Crippen LogP contribution in [0.1, 0.15) is 70.8 Å². The highest BCUT2D eigenvalue weighted by molar-refractivity contribution is 5.88. The Hall–Kier alpha value is -1.84. The maximum Gasteiger partial charge on any atom is 0.243 e. The first-order valence-electron chi connectivity index (χ1n) is 10.1. The number of hydrogen-bond acceptors (Lipinski definition) is 2. The molecule has 0 unspecified atom stereocenters. The average molecular weight is 357 g/mol. The average Bonchev–Trinajstić information content (AvgIpc) is 3.13. The lowest BCUT2D eigenvalue weighted by atomic mass is 9.81. The molecular formula is C22H32N2O2. The molecule has 0 aromatic heterocycles. The fourth-order valence-corrected chi connectivity index (χ4v) is 4.35. The van der Waals surface area contributed by atoms with Gasteiger partial charge in [-0.25, -0.2) is 0 Å². The second-order valence-electron chi connectivity index (χ2n) is 8.52. The van der Waals surface area contributed by atoms with E-state index < -0.39 is 0 Å². The van der Waals surface area contributed by atoms with E-state index in [1.165, 1.54) is 19.3 Å². The van der Waals surface area contributed by atoms with Crippen molar-refractivity contribution >= 4 is 11.8 Å². The summed E-state index contributed by atoms with van der Waals surface area (Å²) in [5.74, 6) is 0.153. The van der Waals surface area contributed by atoms with Gasteiger partial charge in [-0.1, -0.05) is 63.4 Å². The van der Waals surface area contributed by atoms with Gasteiger partial charge >= 0.3 is 0 Å². The molecule has 1 saturated heterocycles. The van der Waals surface area contributed by atoms with Crippen LogP contribution in [0.5, 0.6) is 0 Å². The van der Waals surface area contributed by atoms with E-state index in [1.54, 1.807) is 0 Å². The Labute approximate surface area is 157 Å². The van der Waals surface area contributed by atoms with E-state index in [4.69, 9.17) is 0 Å². The summed E-state index contributed by atoms with van der Waals surface area (Å²) >= 11 is 0. The standard InChI is InChI=1S/C22H32N2O2/c1-22(2,17-10-5-3-6-11-17)16-20(25)24-15-9-14-19(24)21(26)23-18-12-7-4-8-13-18/h3,5-6,10-11,18-19H,4,7-9,12-16H2,1-2H3,(H,23,26)/t19-/m0/s1. The van der Waals surface area contributed by atoms with Gasteiger partial charge in [0.1, 0.15) is 6.04 Å². The molecule has 2 aliphatic rings. The number of nitrogens with zero attached hydrogens (tertiary/aromatic N) is 1. The first-order chi connectivity index (χ1) is 12.5. The van der Waals surface area contributed by atoms with Gasteiger partial charge in [-0.3, -0.25) is 9.59 Å². The Kier molecular flexibility index (Phi) is 6.00. The molecule has 26 heavy (non-hydrogen) atoms. The monoisotopic (exact) mass is 356 g/mol. The molecule has 1 N–H and O–H groups in total. The molecule has 1 aliphatic carbocycles. The summed E-state index contributed by atoms with van der Waals surface area (Å²) in [4.78, 5) is 27.6. The van der Waals surface area contributed by atoms with Gasteiger partial charge < -0.3 is 10.2 Å². The maximum atomic E-state index is 13.0. The van der Waals surface area contributed by atoms with Crippen LogP contribution in [0.3, 0.4) is 0 Å². The maximum absolute atomic E-state index is 13.0. The molecule has 2 fully saturated rings. The number of amides is 2. The molecule has 2 amide bonds. The molecule has 4 heteroatoms. The van der Waals surface area contributed by atoms with Crippen LogP contribution in [-0.4, -0.2) is 35.3 Å². The van der Waals surface area contributed by atoms with Crippen LogP contribution in [0.25, 0.3) is 0 Å². The first-order valence-corrected chi connectivity index (χ1v) is 10.1. The van der Waals surface area contributed by atoms with E-state index in [1.807, 2.05) is 23.1 Å². The molecule has 0 spiro atoms. The van der Waals surface area contributed by atoms with Crippen molar-refractivity contribution in [1.82, 2.24) is 10.2 Å². The minimum atomic E-state index is -0.281. The van der Waals surface area contributed by atoms with Crippen LogP contribution in [-0.2, 0) is 15.0 Å². The molecule has 1 aromatic rings. The topological polar surface area (TPSA) is 49.4 Å². The molecule has 1 aliphatic heterocycles. The molecule has 4 nitrogen and oxygen atoms in total. The van der Waals surface area contributed by atoms with E-state index in [-0.39, 0.29) is 23.3 Å². The minimum Gasteiger partial charge on any atom is -0.352 e. The third kappa shape index (κ3) is 4.46. The van der Waals surface area contributed by atoms with Gasteiger partial charge in [0, 0.05) is 19.0 Å². The Morgan fingerprint density at radius 1 is 1.04 bits per heavy atom. The van der Waals surface area contributed by atoms with Gasteiger partial charge in [-0.15, -0.1) is 0 Å². The van der Waals surface area contributed by atoms with Crippen molar-refractivity contribution in [2.75, 3.05) is 6.54 Å². The second kappa shape index (κ2) is 8.24. The molecule has 1 heterocycles. The van der Waals surface area contributed by atoms with Crippen molar-refractivity contribution in [3.63, 3.8) is 0 Å². The highest BCUT2D eigenvalue weighted by atomic mass is 16.2. The van der Waals surface area contributed by atoms with Gasteiger partial charge in [0.2, 0.25) is 11.8 Å². The smallest absolute Gasteiger partial charge is 0.243 e. The number of rotatable bonds is 5. The first kappa shape index (κ1) is 18.9. The van der Waals surface area contributed by atoms with E-state index in [9.17, 15) is 9.59 Å². The summed E-state index contributed by atoms with van der Waals surface area (Å²) in [5, 5.41) is 3.21. The molecule has 142 valence electrons. The summed E-state index contributed by atoms with van der Waals surface area (Å²) < 4.78 is 0. The van der Waals surface area contributed by atoms with Crippen LogP contribution >= 0.6 is 0 Å². The SMILES string of the molecule is CC(C)(CC(=O)N1CCC[C@H]1C(=O)NC1CCCCC1)c1ccccc1. The van der Waals surface area contributed by atoms with Gasteiger partial charge in [0.15, 0.2) is 0 Å². The molecule has 3 rings (SSSR count). The van der Waals surface area contributed by atoms with Crippen LogP contribution in [0.15, 0.2) is 30.3 Å². The van der Waals surface area contributed by atoms with E-state index >= 15 is 0 Å². The largest absolute Gasteiger partial charge is 0.352 e. The molecule has 1 atom stereocenters. The number of carbonyl (C=O) groups excluding carboxylic acids is 2. The molecule has 0 radical (unpaired) electrons. The van der Waals surface area contributed by atoms with Gasteiger partial charge in [0.25, 0.3) is 0 Å². The number of hydrogen-bond donors (Lipinski definition) is 1. The second-order valence-corrected chi connectivity index (χ2v) is 8.52. The Balaban J connectivity index is 1.61. The third-order valence-electron chi connectivity index (χ3n) is 5.98. The lowest BCUT2D eigenvalue weighted by Gasteiger charge is -2.31. The van der Waals surface area contributed by atoms with E-state index in [0.29, 0.717) is 19.0 Å². The lowest BCUT2D eigenvalue weighted by molar-refractivity contribution is -0.139. The zero-order valence-electron chi connectivity index (χ0n) is 16.2. The van der Waals surface area contributed by atoms with Crippen molar-refractivity contribution in [3.8, 4) is 0 Å². The minimum absolute atomic E-state index is 0.0558. The molecule has 0 bridgehead atoms. The number of carbonyl (C=O) groups is 2. The summed E-state index contributed by atoms with van der Waals surface area (Å²) in [6, 6.07) is 10.2. The molecule has 1 aromatic carbocycles. The van der Waals surface area contributed by atoms with Gasteiger partial charge in [-0.05, 0) is 36.7 Å². The van der Waals surface area contributed by atoms with Crippen LogP contribution in [0.2, 0.25) is 0 Å². The van der Waals surface area contributed by atoms with Crippen molar-refractivity contribution in [2.45, 2.75) is 82.7 Å². The van der Waals surface area contributed by atoms with Gasteiger partial charge in [-0.2, -0.15) is 0 Å². The summed E-state index contributed by atoms with van der Waals surface area (Å²) in [6.07, 6.45) is 7.96. The Morgan fingerprint density at radius 3 is 2.42 bits per heavy atom. The summed E-state index contributed by atoms with van der Waals surface area (Å²) in [6.45, 7) is 4.91. The van der Waals surface area contributed by atoms with Crippen LogP contribution in [0.4, 0.5) is 0 Å². The Morgan fingerprint density at radius 2 is 1.73 bits per heavy atom. The zero-order chi connectivity index (χ0) is 18.6. The summed E-state index contributed by atoms with van der Waals surface area (Å²) in [7, 11) is 0. The van der Waals surface area contributed by atoms with Crippen molar-refractivity contribution < 1.29 is 9.59 Å². The van der Waals surface area contributed by atoms with E-state index in [2.05, 4.69) is 31.3 Å². The molecule has 1 saturated carbocycles. The van der Waals surface area contributed by atoms with Crippen molar-refractivity contribution in [3.05, 3.63) is 35.9 Å². The predicted molar refractivity (Wildman–Crippen MR) is 104 cm³/mol. The lowest BCUT2D eigenvalue weighted by Crippen LogP contribution is -2.49. The summed E-state index contributed by atoms with van der Waals surface area (Å²) in [5.41, 5.74) is 0.932. The molecular weight excluding hydrogens is 324 g/mol. The fraction of sp³-hybridized carbons (Fsp3) is 0.636. The third-order valence-corrected chi connectivity index (χ3v) is 5.98. The van der Waals surface area contributed by atoms with E-state index in [0.717, 1.165) is 31.2 Å². The van der Waals surface area contributed by atoms with Gasteiger partial charge in [0.05, 0.1) is 0 Å². The zero-order valence-corrected chi connectivity index (χ0v) is 16.2. The normalized spacial score (nSPS) is 21.6. The number of nitrogens with one attached hydrogen (secondary N) is 1. The number of benzene rings is 1. The fourth-order valence-electron chi connectivity index (χ4n) is 4.35.